The Morgan fingerprint density at radius 3 is 2.81 bits per heavy atom. The van der Waals surface area contributed by atoms with Gasteiger partial charge in [-0.15, -0.1) is 0 Å². The second kappa shape index (κ2) is 11.2. The van der Waals surface area contributed by atoms with Gasteiger partial charge in [-0.05, 0) is 32.6 Å². The minimum Gasteiger partial charge on any atom is -0.464 e. The topological polar surface area (TPSA) is 55.4 Å². The molecule has 21 heavy (non-hydrogen) atoms. The molecule has 0 aromatic carbocycles. The first-order valence-electron chi connectivity index (χ1n) is 7.87. The quantitative estimate of drug-likeness (QED) is 0.376. The first kappa shape index (κ1) is 18.7. The van der Waals surface area contributed by atoms with E-state index in [1.165, 1.54) is 18.6 Å². The predicted octanol–water partition coefficient (Wildman–Crippen LogP) is 3.55. The van der Waals surface area contributed by atoms with E-state index in [-0.39, 0.29) is 11.9 Å². The third-order valence-corrected chi connectivity index (χ3v) is 6.39. The van der Waals surface area contributed by atoms with Crippen LogP contribution in [0.4, 0.5) is 0 Å². The fourth-order valence-electron chi connectivity index (χ4n) is 2.04. The number of nitrogens with one attached hydrogen (secondary N) is 1. The molecule has 1 fully saturated rings. The van der Waals surface area contributed by atoms with Crippen molar-refractivity contribution in [2.24, 2.45) is 0 Å². The normalized spacial score (nSPS) is 19.2. The maximum absolute atomic E-state index is 11.8. The van der Waals surface area contributed by atoms with Crippen molar-refractivity contribution in [2.75, 3.05) is 12.4 Å². The van der Waals surface area contributed by atoms with Crippen LogP contribution in [0.15, 0.2) is 0 Å². The van der Waals surface area contributed by atoms with E-state index in [0.29, 0.717) is 13.0 Å². The third kappa shape index (κ3) is 8.61. The summed E-state index contributed by atoms with van der Waals surface area (Å²) in [5.41, 5.74) is 0. The minimum atomic E-state index is -0.545. The average molecular weight is 334 g/mol. The number of carbonyl (C=O) groups excluding carboxylic acids is 2. The van der Waals surface area contributed by atoms with Crippen LogP contribution in [0, 0.1) is 0 Å². The Hall–Kier alpha value is -0.360. The summed E-state index contributed by atoms with van der Waals surface area (Å²) in [6.07, 6.45) is 6.82. The molecule has 1 unspecified atom stereocenters. The standard InChI is InChI=1S/C15H27NO3S2/c1-3-4-10-19-15(18)12(2)16-14(17)8-6-5-7-13-9-11-20-21-13/h12-13H,3-11H2,1-2H3,(H,16,17)/t12-,13?/m0/s1. The molecular formula is C15H27NO3S2. The number of carbonyl (C=O) groups is 2. The van der Waals surface area contributed by atoms with E-state index in [1.54, 1.807) is 6.92 Å². The first-order valence-corrected chi connectivity index (χ1v) is 10.3. The Bertz CT molecular complexity index is 320. The van der Waals surface area contributed by atoms with E-state index in [4.69, 9.17) is 4.74 Å². The smallest absolute Gasteiger partial charge is 0.328 e. The SMILES string of the molecule is CCCCOC(=O)[C@H](C)NC(=O)CCCCC1CCSS1. The molecule has 1 rings (SSSR count). The lowest BCUT2D eigenvalue weighted by Crippen LogP contribution is -2.39. The van der Waals surface area contributed by atoms with Crippen LogP contribution < -0.4 is 5.32 Å². The van der Waals surface area contributed by atoms with Crippen LogP contribution in [0.1, 0.15) is 58.8 Å². The van der Waals surface area contributed by atoms with Gasteiger partial charge >= 0.3 is 5.97 Å². The molecule has 122 valence electrons. The summed E-state index contributed by atoms with van der Waals surface area (Å²) in [4.78, 5) is 23.4. The van der Waals surface area contributed by atoms with Crippen molar-refractivity contribution < 1.29 is 14.3 Å². The highest BCUT2D eigenvalue weighted by Crippen LogP contribution is 2.39. The zero-order chi connectivity index (χ0) is 15.5. The summed E-state index contributed by atoms with van der Waals surface area (Å²) >= 11 is 0. The first-order chi connectivity index (χ1) is 10.1. The fraction of sp³-hybridized carbons (Fsp3) is 0.867. The predicted molar refractivity (Wildman–Crippen MR) is 90.4 cm³/mol. The molecule has 0 radical (unpaired) electrons. The molecule has 1 saturated heterocycles. The van der Waals surface area contributed by atoms with E-state index in [1.807, 2.05) is 28.5 Å². The number of unbranched alkanes of at least 4 members (excludes halogenated alkanes) is 2. The van der Waals surface area contributed by atoms with Crippen molar-refractivity contribution in [3.63, 3.8) is 0 Å². The van der Waals surface area contributed by atoms with Gasteiger partial charge in [-0.25, -0.2) is 4.79 Å². The highest BCUT2D eigenvalue weighted by molar-refractivity contribution is 8.77. The zero-order valence-corrected chi connectivity index (χ0v) is 14.7. The van der Waals surface area contributed by atoms with Gasteiger partial charge in [0.25, 0.3) is 0 Å². The third-order valence-electron chi connectivity index (χ3n) is 3.38. The van der Waals surface area contributed by atoms with Gasteiger partial charge in [-0.2, -0.15) is 0 Å². The summed E-state index contributed by atoms with van der Waals surface area (Å²) in [6.45, 7) is 4.16. The van der Waals surface area contributed by atoms with E-state index >= 15 is 0 Å². The number of hydrogen-bond donors (Lipinski definition) is 1. The molecule has 0 aromatic rings. The summed E-state index contributed by atoms with van der Waals surface area (Å²) < 4.78 is 5.08. The summed E-state index contributed by atoms with van der Waals surface area (Å²) in [5, 5.41) is 3.48. The van der Waals surface area contributed by atoms with Crippen LogP contribution in [-0.2, 0) is 14.3 Å². The summed E-state index contributed by atoms with van der Waals surface area (Å²) in [7, 11) is 3.93. The van der Waals surface area contributed by atoms with Gasteiger partial charge in [0.05, 0.1) is 6.61 Å². The maximum atomic E-state index is 11.8. The lowest BCUT2D eigenvalue weighted by molar-refractivity contribution is -0.147. The van der Waals surface area contributed by atoms with Crippen molar-refractivity contribution in [1.29, 1.82) is 0 Å². The van der Waals surface area contributed by atoms with Crippen LogP contribution in [0.5, 0.6) is 0 Å². The molecule has 6 heteroatoms. The maximum Gasteiger partial charge on any atom is 0.328 e. The van der Waals surface area contributed by atoms with E-state index in [0.717, 1.165) is 30.9 Å². The minimum absolute atomic E-state index is 0.0524. The lowest BCUT2D eigenvalue weighted by Gasteiger charge is -2.13. The number of amides is 1. The van der Waals surface area contributed by atoms with E-state index in [9.17, 15) is 9.59 Å². The van der Waals surface area contributed by atoms with Gasteiger partial charge in [-0.3, -0.25) is 4.79 Å². The average Bonchev–Trinajstić information content (AvgIpc) is 2.97. The second-order valence-electron chi connectivity index (χ2n) is 5.38. The number of rotatable bonds is 10. The molecule has 1 amide bonds. The Kier molecular flexibility index (Phi) is 10.0. The zero-order valence-electron chi connectivity index (χ0n) is 13.1. The van der Waals surface area contributed by atoms with Crippen molar-refractivity contribution >= 4 is 33.5 Å². The Morgan fingerprint density at radius 1 is 1.33 bits per heavy atom. The number of hydrogen-bond acceptors (Lipinski definition) is 5. The largest absolute Gasteiger partial charge is 0.464 e. The van der Waals surface area contributed by atoms with Gasteiger partial charge in [0, 0.05) is 17.4 Å². The van der Waals surface area contributed by atoms with Gasteiger partial charge in [0.1, 0.15) is 6.04 Å². The molecular weight excluding hydrogens is 306 g/mol. The molecule has 2 atom stereocenters. The molecule has 1 heterocycles. The monoisotopic (exact) mass is 333 g/mol. The molecule has 0 spiro atoms. The molecule has 0 saturated carbocycles. The van der Waals surface area contributed by atoms with Crippen LogP contribution in [0.3, 0.4) is 0 Å². The highest BCUT2D eigenvalue weighted by atomic mass is 33.1. The Labute approximate surface area is 135 Å². The molecule has 1 aliphatic rings. The molecule has 0 aliphatic carbocycles. The number of esters is 1. The highest BCUT2D eigenvalue weighted by Gasteiger charge is 2.18. The van der Waals surface area contributed by atoms with Crippen molar-refractivity contribution in [3.8, 4) is 0 Å². The lowest BCUT2D eigenvalue weighted by atomic mass is 10.1. The Morgan fingerprint density at radius 2 is 2.14 bits per heavy atom. The van der Waals surface area contributed by atoms with Crippen molar-refractivity contribution in [1.82, 2.24) is 5.32 Å². The van der Waals surface area contributed by atoms with Gasteiger partial charge in [0.15, 0.2) is 0 Å². The van der Waals surface area contributed by atoms with E-state index in [2.05, 4.69) is 5.32 Å². The molecule has 0 bridgehead atoms. The Balaban J connectivity index is 2.04. The van der Waals surface area contributed by atoms with Crippen molar-refractivity contribution in [2.45, 2.75) is 70.1 Å². The molecule has 1 aliphatic heterocycles. The van der Waals surface area contributed by atoms with Gasteiger partial charge in [-0.1, -0.05) is 41.4 Å². The van der Waals surface area contributed by atoms with Crippen LogP contribution >= 0.6 is 21.6 Å². The van der Waals surface area contributed by atoms with Crippen molar-refractivity contribution in [3.05, 3.63) is 0 Å². The molecule has 0 aromatic heterocycles. The van der Waals surface area contributed by atoms with Gasteiger partial charge < -0.3 is 10.1 Å². The molecule has 1 N–H and O–H groups in total. The second-order valence-corrected chi connectivity index (χ2v) is 8.17. The molecule has 4 nitrogen and oxygen atoms in total. The fourth-order valence-corrected chi connectivity index (χ4v) is 5.06. The summed E-state index contributed by atoms with van der Waals surface area (Å²) in [5.74, 6) is 0.868. The van der Waals surface area contributed by atoms with Crippen LogP contribution in [0.25, 0.3) is 0 Å². The number of ether oxygens (including phenoxy) is 1. The van der Waals surface area contributed by atoms with E-state index < -0.39 is 6.04 Å². The van der Waals surface area contributed by atoms with Crippen LogP contribution in [-0.4, -0.2) is 35.5 Å². The van der Waals surface area contributed by atoms with Crippen LogP contribution in [0.2, 0.25) is 0 Å². The van der Waals surface area contributed by atoms with Gasteiger partial charge in [0.2, 0.25) is 5.91 Å². The summed E-state index contributed by atoms with van der Waals surface area (Å²) in [6, 6.07) is -0.545.